The van der Waals surface area contributed by atoms with Gasteiger partial charge in [0.15, 0.2) is 0 Å². The zero-order valence-electron chi connectivity index (χ0n) is 13.2. The Morgan fingerprint density at radius 1 is 1.33 bits per heavy atom. The molecule has 2 amide bonds. The van der Waals surface area contributed by atoms with Crippen LogP contribution in [0.25, 0.3) is 0 Å². The number of benzene rings is 1. The van der Waals surface area contributed by atoms with Crippen molar-refractivity contribution in [3.8, 4) is 0 Å². The predicted octanol–water partition coefficient (Wildman–Crippen LogP) is 2.40. The molecule has 0 aromatic heterocycles. The molecule has 1 aliphatic heterocycles. The molecule has 0 bridgehead atoms. The SMILES string of the molecule is CC(OCC(F)(F)F)C(=O)NCc1ccc(N2CCCC2=O)cc1. The van der Waals surface area contributed by atoms with Crippen LogP contribution in [0, 0.1) is 0 Å². The molecule has 1 saturated heterocycles. The van der Waals surface area contributed by atoms with E-state index in [1.54, 1.807) is 29.2 Å². The van der Waals surface area contributed by atoms with Crippen LogP contribution in [0.15, 0.2) is 24.3 Å². The van der Waals surface area contributed by atoms with E-state index in [-0.39, 0.29) is 12.5 Å². The Balaban J connectivity index is 1.81. The van der Waals surface area contributed by atoms with Gasteiger partial charge in [0.2, 0.25) is 11.8 Å². The summed E-state index contributed by atoms with van der Waals surface area (Å²) >= 11 is 0. The van der Waals surface area contributed by atoms with Crippen LogP contribution in [0.5, 0.6) is 0 Å². The van der Waals surface area contributed by atoms with Gasteiger partial charge in [-0.05, 0) is 31.0 Å². The molecule has 1 atom stereocenters. The predicted molar refractivity (Wildman–Crippen MR) is 81.3 cm³/mol. The lowest BCUT2D eigenvalue weighted by molar-refractivity contribution is -0.185. The van der Waals surface area contributed by atoms with E-state index in [0.717, 1.165) is 17.7 Å². The normalized spacial score (nSPS) is 16.3. The van der Waals surface area contributed by atoms with Crippen LogP contribution in [0.4, 0.5) is 18.9 Å². The first-order chi connectivity index (χ1) is 11.3. The number of ether oxygens (including phenoxy) is 1. The van der Waals surface area contributed by atoms with Gasteiger partial charge in [-0.15, -0.1) is 0 Å². The Hall–Kier alpha value is -2.09. The summed E-state index contributed by atoms with van der Waals surface area (Å²) in [5.41, 5.74) is 1.58. The lowest BCUT2D eigenvalue weighted by Crippen LogP contribution is -2.36. The van der Waals surface area contributed by atoms with Crippen molar-refractivity contribution in [3.05, 3.63) is 29.8 Å². The molecular weight excluding hydrogens is 325 g/mol. The van der Waals surface area contributed by atoms with Crippen molar-refractivity contribution < 1.29 is 27.5 Å². The van der Waals surface area contributed by atoms with Crippen LogP contribution in [0.2, 0.25) is 0 Å². The number of amides is 2. The number of hydrogen-bond donors (Lipinski definition) is 1. The van der Waals surface area contributed by atoms with Gasteiger partial charge in [0.05, 0.1) is 0 Å². The Labute approximate surface area is 137 Å². The average Bonchev–Trinajstić information content (AvgIpc) is 2.96. The van der Waals surface area contributed by atoms with Crippen molar-refractivity contribution in [1.82, 2.24) is 5.32 Å². The number of hydrogen-bond acceptors (Lipinski definition) is 3. The lowest BCUT2D eigenvalue weighted by atomic mass is 10.2. The van der Waals surface area contributed by atoms with Crippen molar-refractivity contribution in [2.45, 2.75) is 38.6 Å². The molecule has 24 heavy (non-hydrogen) atoms. The first kappa shape index (κ1) is 18.3. The van der Waals surface area contributed by atoms with Crippen molar-refractivity contribution in [3.63, 3.8) is 0 Å². The van der Waals surface area contributed by atoms with Gasteiger partial charge in [0, 0.05) is 25.2 Å². The van der Waals surface area contributed by atoms with Gasteiger partial charge in [-0.3, -0.25) is 9.59 Å². The van der Waals surface area contributed by atoms with Gasteiger partial charge in [-0.1, -0.05) is 12.1 Å². The maximum absolute atomic E-state index is 12.0. The fourth-order valence-corrected chi connectivity index (χ4v) is 2.34. The van der Waals surface area contributed by atoms with Crippen LogP contribution >= 0.6 is 0 Å². The molecule has 1 aromatic carbocycles. The second-order valence-corrected chi connectivity index (χ2v) is 5.60. The molecule has 0 spiro atoms. The van der Waals surface area contributed by atoms with Gasteiger partial charge in [-0.2, -0.15) is 13.2 Å². The van der Waals surface area contributed by atoms with Crippen LogP contribution in [-0.4, -0.2) is 37.2 Å². The minimum Gasteiger partial charge on any atom is -0.359 e. The standard InChI is InChI=1S/C16H19F3N2O3/c1-11(24-10-16(17,18)19)15(23)20-9-12-4-6-13(7-5-12)21-8-2-3-14(21)22/h4-7,11H,2-3,8-10H2,1H3,(H,20,23). The number of carbonyl (C=O) groups is 2. The van der Waals surface area contributed by atoms with E-state index in [0.29, 0.717) is 13.0 Å². The first-order valence-corrected chi connectivity index (χ1v) is 7.61. The number of rotatable bonds is 6. The monoisotopic (exact) mass is 344 g/mol. The third-order valence-electron chi connectivity index (χ3n) is 3.65. The summed E-state index contributed by atoms with van der Waals surface area (Å²) in [7, 11) is 0. The molecule has 0 aliphatic carbocycles. The average molecular weight is 344 g/mol. The van der Waals surface area contributed by atoms with Crippen LogP contribution in [0.3, 0.4) is 0 Å². The Bertz CT molecular complexity index is 587. The van der Waals surface area contributed by atoms with Gasteiger partial charge < -0.3 is 15.0 Å². The molecule has 0 radical (unpaired) electrons. The third-order valence-corrected chi connectivity index (χ3v) is 3.65. The Morgan fingerprint density at radius 3 is 2.54 bits per heavy atom. The smallest absolute Gasteiger partial charge is 0.359 e. The van der Waals surface area contributed by atoms with Crippen molar-refractivity contribution in [2.75, 3.05) is 18.1 Å². The number of carbonyl (C=O) groups excluding carboxylic acids is 2. The summed E-state index contributed by atoms with van der Waals surface area (Å²) in [5, 5.41) is 2.52. The van der Waals surface area contributed by atoms with Crippen molar-refractivity contribution in [1.29, 1.82) is 0 Å². The summed E-state index contributed by atoms with van der Waals surface area (Å²) in [6.07, 6.45) is -4.26. The molecule has 0 saturated carbocycles. The number of nitrogens with one attached hydrogen (secondary N) is 1. The van der Waals surface area contributed by atoms with Gasteiger partial charge in [0.25, 0.3) is 0 Å². The lowest BCUT2D eigenvalue weighted by Gasteiger charge is -2.17. The zero-order chi connectivity index (χ0) is 17.7. The Morgan fingerprint density at radius 2 is 2.00 bits per heavy atom. The molecule has 1 unspecified atom stereocenters. The number of anilines is 1. The van der Waals surface area contributed by atoms with E-state index >= 15 is 0 Å². The zero-order valence-corrected chi connectivity index (χ0v) is 13.2. The maximum atomic E-state index is 12.0. The van der Waals surface area contributed by atoms with Crippen LogP contribution < -0.4 is 10.2 Å². The van der Waals surface area contributed by atoms with Crippen molar-refractivity contribution in [2.24, 2.45) is 0 Å². The van der Waals surface area contributed by atoms with E-state index < -0.39 is 24.8 Å². The molecule has 1 fully saturated rings. The maximum Gasteiger partial charge on any atom is 0.411 e. The highest BCUT2D eigenvalue weighted by Gasteiger charge is 2.29. The Kier molecular flexibility index (Phi) is 5.82. The summed E-state index contributed by atoms with van der Waals surface area (Å²) < 4.78 is 40.6. The van der Waals surface area contributed by atoms with Gasteiger partial charge in [-0.25, -0.2) is 0 Å². The topological polar surface area (TPSA) is 58.6 Å². The largest absolute Gasteiger partial charge is 0.411 e. The van der Waals surface area contributed by atoms with Gasteiger partial charge >= 0.3 is 6.18 Å². The summed E-state index contributed by atoms with van der Waals surface area (Å²) in [4.78, 5) is 25.1. The fourth-order valence-electron chi connectivity index (χ4n) is 2.34. The summed E-state index contributed by atoms with van der Waals surface area (Å²) in [6.45, 7) is 0.680. The van der Waals surface area contributed by atoms with Gasteiger partial charge in [0.1, 0.15) is 12.7 Å². The van der Waals surface area contributed by atoms with Crippen LogP contribution in [0.1, 0.15) is 25.3 Å². The highest BCUT2D eigenvalue weighted by atomic mass is 19.4. The summed E-state index contributed by atoms with van der Waals surface area (Å²) in [5.74, 6) is -0.523. The van der Waals surface area contributed by atoms with E-state index in [4.69, 9.17) is 0 Å². The highest BCUT2D eigenvalue weighted by molar-refractivity contribution is 5.95. The first-order valence-electron chi connectivity index (χ1n) is 7.61. The number of alkyl halides is 3. The molecule has 1 aromatic rings. The quantitative estimate of drug-likeness (QED) is 0.862. The molecular formula is C16H19F3N2O3. The number of halogens is 3. The molecule has 8 heteroatoms. The minimum absolute atomic E-state index is 0.0895. The van der Waals surface area contributed by atoms with Crippen molar-refractivity contribution >= 4 is 17.5 Å². The molecule has 1 heterocycles. The van der Waals surface area contributed by atoms with Crippen LogP contribution in [-0.2, 0) is 20.9 Å². The molecule has 1 N–H and O–H groups in total. The molecule has 1 aliphatic rings. The molecule has 132 valence electrons. The second kappa shape index (κ2) is 7.65. The molecule has 5 nitrogen and oxygen atoms in total. The molecule has 2 rings (SSSR count). The highest BCUT2D eigenvalue weighted by Crippen LogP contribution is 2.21. The minimum atomic E-state index is -4.46. The summed E-state index contributed by atoms with van der Waals surface area (Å²) in [6, 6.07) is 7.10. The second-order valence-electron chi connectivity index (χ2n) is 5.60. The van der Waals surface area contributed by atoms with E-state index in [9.17, 15) is 22.8 Å². The fraction of sp³-hybridized carbons (Fsp3) is 0.500. The van der Waals surface area contributed by atoms with E-state index in [2.05, 4.69) is 10.1 Å². The number of nitrogens with zero attached hydrogens (tertiary/aromatic N) is 1. The van der Waals surface area contributed by atoms with E-state index in [1.807, 2.05) is 0 Å². The third kappa shape index (κ3) is 5.23. The van der Waals surface area contributed by atoms with E-state index in [1.165, 1.54) is 6.92 Å².